The first kappa shape index (κ1) is 24.1. The summed E-state index contributed by atoms with van der Waals surface area (Å²) in [6.07, 6.45) is 3.70. The largest absolute Gasteiger partial charge is 0.507 e. The van der Waals surface area contributed by atoms with Gasteiger partial charge in [0.05, 0.1) is 28.5 Å². The minimum atomic E-state index is -0.667. The molecule has 6 nitrogen and oxygen atoms in total. The van der Waals surface area contributed by atoms with E-state index in [-0.39, 0.29) is 17.9 Å². The Kier molecular flexibility index (Phi) is 6.55. The van der Waals surface area contributed by atoms with Crippen LogP contribution in [0.3, 0.4) is 0 Å². The molecule has 0 saturated carbocycles. The number of thioether (sulfide) groups is 1. The van der Waals surface area contributed by atoms with E-state index >= 15 is 0 Å². The first-order chi connectivity index (χ1) is 17.4. The zero-order valence-electron chi connectivity index (χ0n) is 20.0. The maximum absolute atomic E-state index is 13.8. The fraction of sp³-hybridized carbons (Fsp3) is 0.179. The molecule has 4 aromatic rings. The lowest BCUT2D eigenvalue weighted by atomic mass is 9.96. The lowest BCUT2D eigenvalue weighted by Gasteiger charge is -2.24. The quantitative estimate of drug-likeness (QED) is 0.315. The number of ether oxygens (including phenoxy) is 1. The van der Waals surface area contributed by atoms with Crippen LogP contribution < -0.4 is 14.9 Å². The molecule has 0 saturated heterocycles. The van der Waals surface area contributed by atoms with Crippen LogP contribution in [0, 0.1) is 0 Å². The van der Waals surface area contributed by atoms with Crippen molar-refractivity contribution in [3.05, 3.63) is 103 Å². The van der Waals surface area contributed by atoms with E-state index in [9.17, 15) is 14.7 Å². The fourth-order valence-corrected chi connectivity index (χ4v) is 5.90. The predicted molar refractivity (Wildman–Crippen MR) is 144 cm³/mol. The number of rotatable bonds is 5. The van der Waals surface area contributed by atoms with Gasteiger partial charge in [-0.2, -0.15) is 0 Å². The van der Waals surface area contributed by atoms with Crippen molar-refractivity contribution in [2.24, 2.45) is 4.99 Å². The third-order valence-corrected chi connectivity index (χ3v) is 7.90. The molecule has 182 valence electrons. The van der Waals surface area contributed by atoms with Crippen LogP contribution in [0.15, 0.2) is 86.6 Å². The molecule has 0 radical (unpaired) electrons. The highest BCUT2D eigenvalue weighted by Crippen LogP contribution is 2.32. The van der Waals surface area contributed by atoms with Gasteiger partial charge in [0.2, 0.25) is 0 Å². The maximum Gasteiger partial charge on any atom is 0.338 e. The van der Waals surface area contributed by atoms with Crippen LogP contribution >= 0.6 is 23.1 Å². The second-order valence-corrected chi connectivity index (χ2v) is 10.2. The van der Waals surface area contributed by atoms with Gasteiger partial charge in [0.25, 0.3) is 5.56 Å². The van der Waals surface area contributed by atoms with E-state index in [1.165, 1.54) is 11.3 Å². The summed E-state index contributed by atoms with van der Waals surface area (Å²) in [6.45, 7) is 3.74. The molecular formula is C28H24N2O4S2. The van der Waals surface area contributed by atoms with E-state index in [1.807, 2.05) is 60.9 Å². The molecule has 1 aromatic heterocycles. The van der Waals surface area contributed by atoms with Gasteiger partial charge >= 0.3 is 5.97 Å². The Balaban J connectivity index is 1.76. The monoisotopic (exact) mass is 516 g/mol. The van der Waals surface area contributed by atoms with Crippen LogP contribution in [0.25, 0.3) is 16.8 Å². The van der Waals surface area contributed by atoms with E-state index in [2.05, 4.69) is 4.99 Å². The van der Waals surface area contributed by atoms with Crippen LogP contribution in [0.2, 0.25) is 0 Å². The lowest BCUT2D eigenvalue weighted by Crippen LogP contribution is -2.39. The molecule has 3 aromatic carbocycles. The minimum Gasteiger partial charge on any atom is -0.507 e. The standard InChI is InChI=1S/C28H24N2O4S2/c1-4-34-27(33)24-16(2)29-28-30(25(24)18-9-12-19(35-3)13-10-18)26(32)23(36-28)15-21-20-8-6-5-7-17(20)11-14-22(21)31/h5-15,25,31H,4H2,1-3H3/b23-15-/t25-/m0/s1. The number of benzene rings is 3. The molecule has 0 fully saturated rings. The molecular weight excluding hydrogens is 492 g/mol. The number of carbonyl (C=O) groups is 1. The number of aromatic nitrogens is 1. The SMILES string of the molecule is CCOC(=O)C1=C(C)N=c2s/c(=C\c3c(O)ccc4ccccc34)c(=O)n2[C@H]1c1ccc(SC)cc1. The first-order valence-electron chi connectivity index (χ1n) is 11.5. The molecule has 1 atom stereocenters. The molecule has 0 amide bonds. The van der Waals surface area contributed by atoms with Crippen molar-refractivity contribution in [1.82, 2.24) is 4.57 Å². The number of phenolic OH excluding ortho intramolecular Hbond substituents is 1. The van der Waals surface area contributed by atoms with Crippen molar-refractivity contribution in [2.45, 2.75) is 24.8 Å². The van der Waals surface area contributed by atoms with E-state index in [0.29, 0.717) is 26.2 Å². The highest BCUT2D eigenvalue weighted by Gasteiger charge is 2.33. The van der Waals surface area contributed by atoms with E-state index < -0.39 is 12.0 Å². The molecule has 1 N–H and O–H groups in total. The van der Waals surface area contributed by atoms with Crippen LogP contribution in [0.4, 0.5) is 0 Å². The van der Waals surface area contributed by atoms with Gasteiger partial charge in [-0.1, -0.05) is 53.8 Å². The van der Waals surface area contributed by atoms with Gasteiger partial charge in [0, 0.05) is 10.5 Å². The molecule has 0 spiro atoms. The van der Waals surface area contributed by atoms with Gasteiger partial charge in [0.15, 0.2) is 4.80 Å². The van der Waals surface area contributed by atoms with Crippen molar-refractivity contribution >= 4 is 45.9 Å². The molecule has 1 aliphatic rings. The van der Waals surface area contributed by atoms with Crippen molar-refractivity contribution in [3.8, 4) is 5.75 Å². The topological polar surface area (TPSA) is 80.9 Å². The number of fused-ring (bicyclic) bond motifs is 2. The zero-order chi connectivity index (χ0) is 25.4. The first-order valence-corrected chi connectivity index (χ1v) is 13.5. The Labute approximate surface area is 215 Å². The summed E-state index contributed by atoms with van der Waals surface area (Å²) in [5.74, 6) is -0.397. The van der Waals surface area contributed by atoms with Gasteiger partial charge in [-0.15, -0.1) is 11.8 Å². The highest BCUT2D eigenvalue weighted by atomic mass is 32.2. The summed E-state index contributed by atoms with van der Waals surface area (Å²) in [6, 6.07) is 18.3. The summed E-state index contributed by atoms with van der Waals surface area (Å²) >= 11 is 2.86. The van der Waals surface area contributed by atoms with Gasteiger partial charge in [-0.3, -0.25) is 9.36 Å². The van der Waals surface area contributed by atoms with Gasteiger partial charge in [0.1, 0.15) is 5.75 Å². The average Bonchev–Trinajstić information content (AvgIpc) is 3.19. The molecule has 5 rings (SSSR count). The second kappa shape index (κ2) is 9.79. The number of aromatic hydroxyl groups is 1. The molecule has 0 unspecified atom stereocenters. The summed E-state index contributed by atoms with van der Waals surface area (Å²) in [7, 11) is 0. The van der Waals surface area contributed by atoms with Crippen molar-refractivity contribution in [2.75, 3.05) is 12.9 Å². The molecule has 0 aliphatic carbocycles. The van der Waals surface area contributed by atoms with E-state index in [4.69, 9.17) is 4.74 Å². The molecule has 2 heterocycles. The molecule has 36 heavy (non-hydrogen) atoms. The smallest absolute Gasteiger partial charge is 0.338 e. The summed E-state index contributed by atoms with van der Waals surface area (Å²) in [5.41, 5.74) is 1.96. The third kappa shape index (κ3) is 4.16. The van der Waals surface area contributed by atoms with Gasteiger partial charge in [-0.05, 0) is 60.7 Å². The van der Waals surface area contributed by atoms with Crippen LogP contribution in [0.1, 0.15) is 31.0 Å². The fourth-order valence-electron chi connectivity index (χ4n) is 4.46. The Hall–Kier alpha value is -3.62. The highest BCUT2D eigenvalue weighted by molar-refractivity contribution is 7.98. The Morgan fingerprint density at radius 3 is 2.64 bits per heavy atom. The minimum absolute atomic E-state index is 0.0899. The van der Waals surface area contributed by atoms with E-state index in [0.717, 1.165) is 21.2 Å². The number of nitrogens with zero attached hydrogens (tertiary/aromatic N) is 2. The van der Waals surface area contributed by atoms with Gasteiger partial charge < -0.3 is 9.84 Å². The van der Waals surface area contributed by atoms with Gasteiger partial charge in [-0.25, -0.2) is 9.79 Å². The Morgan fingerprint density at radius 1 is 1.17 bits per heavy atom. The van der Waals surface area contributed by atoms with Crippen molar-refractivity contribution in [3.63, 3.8) is 0 Å². The average molecular weight is 517 g/mol. The number of hydrogen-bond acceptors (Lipinski definition) is 7. The van der Waals surface area contributed by atoms with E-state index in [1.54, 1.807) is 42.3 Å². The number of thiazole rings is 1. The van der Waals surface area contributed by atoms with Crippen LogP contribution in [-0.4, -0.2) is 28.5 Å². The summed E-state index contributed by atoms with van der Waals surface area (Å²) < 4.78 is 7.34. The molecule has 1 aliphatic heterocycles. The number of esters is 1. The van der Waals surface area contributed by atoms with Crippen molar-refractivity contribution < 1.29 is 14.6 Å². The summed E-state index contributed by atoms with van der Waals surface area (Å²) in [5, 5.41) is 12.4. The number of allylic oxidation sites excluding steroid dienone is 1. The van der Waals surface area contributed by atoms with Crippen LogP contribution in [-0.2, 0) is 9.53 Å². The Morgan fingerprint density at radius 2 is 1.92 bits per heavy atom. The van der Waals surface area contributed by atoms with Crippen LogP contribution in [0.5, 0.6) is 5.75 Å². The Bertz CT molecular complexity index is 1700. The number of hydrogen-bond donors (Lipinski definition) is 1. The molecule has 0 bridgehead atoms. The maximum atomic E-state index is 13.8. The van der Waals surface area contributed by atoms with Crippen molar-refractivity contribution in [1.29, 1.82) is 0 Å². The summed E-state index contributed by atoms with van der Waals surface area (Å²) in [4.78, 5) is 33.1. The molecule has 8 heteroatoms. The second-order valence-electron chi connectivity index (χ2n) is 8.29. The number of phenols is 1. The third-order valence-electron chi connectivity index (χ3n) is 6.17. The normalized spacial score (nSPS) is 15.6. The number of carbonyl (C=O) groups excluding carboxylic acids is 1. The predicted octanol–water partition coefficient (Wildman–Crippen LogP) is 4.38. The zero-order valence-corrected chi connectivity index (χ0v) is 21.7. The lowest BCUT2D eigenvalue weighted by molar-refractivity contribution is -0.139.